The van der Waals surface area contributed by atoms with Crippen LogP contribution in [0.3, 0.4) is 0 Å². The summed E-state index contributed by atoms with van der Waals surface area (Å²) in [7, 11) is 2.25. The maximum atomic E-state index is 3.44. The fourth-order valence-corrected chi connectivity index (χ4v) is 3.25. The second-order valence-electron chi connectivity index (χ2n) is 6.51. The molecule has 2 saturated heterocycles. The largest absolute Gasteiger partial charge is 0.314 e. The van der Waals surface area contributed by atoms with Gasteiger partial charge < -0.3 is 10.2 Å². The zero-order valence-electron chi connectivity index (χ0n) is 11.8. The molecule has 0 spiro atoms. The van der Waals surface area contributed by atoms with E-state index < -0.39 is 0 Å². The number of nitrogens with zero attached hydrogens (tertiary/aromatic N) is 2. The predicted octanol–water partition coefficient (Wildman–Crippen LogP) is 1.40. The third-order valence-corrected chi connectivity index (χ3v) is 4.63. The molecule has 0 aromatic rings. The van der Waals surface area contributed by atoms with Crippen molar-refractivity contribution in [2.24, 2.45) is 5.92 Å². The van der Waals surface area contributed by atoms with Gasteiger partial charge in [-0.2, -0.15) is 0 Å². The van der Waals surface area contributed by atoms with Gasteiger partial charge >= 0.3 is 0 Å². The first-order chi connectivity index (χ1) is 8.08. The van der Waals surface area contributed by atoms with E-state index in [1.807, 2.05) is 0 Å². The van der Waals surface area contributed by atoms with Gasteiger partial charge in [-0.15, -0.1) is 0 Å². The Kier molecular flexibility index (Phi) is 4.45. The molecule has 2 fully saturated rings. The Morgan fingerprint density at radius 1 is 1.18 bits per heavy atom. The van der Waals surface area contributed by atoms with Crippen LogP contribution in [0, 0.1) is 5.92 Å². The van der Waals surface area contributed by atoms with Gasteiger partial charge in [0.25, 0.3) is 0 Å². The minimum absolute atomic E-state index is 0.392. The summed E-state index contributed by atoms with van der Waals surface area (Å²) in [5.41, 5.74) is 0.392. The first kappa shape index (κ1) is 13.3. The molecule has 1 unspecified atom stereocenters. The SMILES string of the molecule is CN1CCC(CCC(C)(C)N2CCNCC2)C1. The lowest BCUT2D eigenvalue weighted by atomic mass is 9.90. The highest BCUT2D eigenvalue weighted by Gasteiger charge is 2.29. The van der Waals surface area contributed by atoms with Crippen LogP contribution in [0.2, 0.25) is 0 Å². The summed E-state index contributed by atoms with van der Waals surface area (Å²) in [6, 6.07) is 0. The summed E-state index contributed by atoms with van der Waals surface area (Å²) < 4.78 is 0. The minimum Gasteiger partial charge on any atom is -0.314 e. The Labute approximate surface area is 107 Å². The molecule has 1 atom stereocenters. The van der Waals surface area contributed by atoms with Crippen LogP contribution in [-0.2, 0) is 0 Å². The van der Waals surface area contributed by atoms with Gasteiger partial charge in [0.1, 0.15) is 0 Å². The average Bonchev–Trinajstić information content (AvgIpc) is 2.74. The van der Waals surface area contributed by atoms with Crippen molar-refractivity contribution >= 4 is 0 Å². The molecule has 0 aromatic carbocycles. The van der Waals surface area contributed by atoms with Crippen molar-refractivity contribution in [1.29, 1.82) is 0 Å². The van der Waals surface area contributed by atoms with Gasteiger partial charge in [-0.1, -0.05) is 0 Å². The molecule has 0 aromatic heterocycles. The highest BCUT2D eigenvalue weighted by Crippen LogP contribution is 2.27. The summed E-state index contributed by atoms with van der Waals surface area (Å²) in [4.78, 5) is 5.14. The lowest BCUT2D eigenvalue weighted by molar-refractivity contribution is 0.0895. The normalized spacial score (nSPS) is 28.8. The number of rotatable bonds is 4. The molecular weight excluding hydrogens is 210 g/mol. The van der Waals surface area contributed by atoms with E-state index in [1.165, 1.54) is 45.4 Å². The van der Waals surface area contributed by atoms with Gasteiger partial charge in [0, 0.05) is 38.3 Å². The second kappa shape index (κ2) is 5.68. The topological polar surface area (TPSA) is 18.5 Å². The Morgan fingerprint density at radius 2 is 1.88 bits per heavy atom. The van der Waals surface area contributed by atoms with Gasteiger partial charge in [-0.05, 0) is 52.6 Å². The van der Waals surface area contributed by atoms with Crippen LogP contribution in [0.5, 0.6) is 0 Å². The second-order valence-corrected chi connectivity index (χ2v) is 6.51. The van der Waals surface area contributed by atoms with Crippen LogP contribution in [0.25, 0.3) is 0 Å². The number of likely N-dealkylation sites (tertiary alicyclic amines) is 1. The Hall–Kier alpha value is -0.120. The molecule has 0 saturated carbocycles. The standard InChI is InChI=1S/C14H29N3/c1-14(2,17-10-7-15-8-11-17)6-4-13-5-9-16(3)12-13/h13,15H,4-12H2,1-3H3. The molecule has 2 heterocycles. The van der Waals surface area contributed by atoms with Crippen LogP contribution >= 0.6 is 0 Å². The molecule has 2 aliphatic heterocycles. The van der Waals surface area contributed by atoms with E-state index in [1.54, 1.807) is 0 Å². The molecule has 0 amide bonds. The average molecular weight is 239 g/mol. The van der Waals surface area contributed by atoms with Crippen molar-refractivity contribution in [3.05, 3.63) is 0 Å². The maximum absolute atomic E-state index is 3.44. The van der Waals surface area contributed by atoms with E-state index in [-0.39, 0.29) is 0 Å². The molecule has 2 rings (SSSR count). The van der Waals surface area contributed by atoms with Gasteiger partial charge in [0.15, 0.2) is 0 Å². The van der Waals surface area contributed by atoms with E-state index in [4.69, 9.17) is 0 Å². The van der Waals surface area contributed by atoms with Crippen molar-refractivity contribution in [2.45, 2.75) is 38.6 Å². The molecule has 2 aliphatic rings. The lowest BCUT2D eigenvalue weighted by Gasteiger charge is -2.41. The van der Waals surface area contributed by atoms with Gasteiger partial charge in [-0.25, -0.2) is 0 Å². The first-order valence-corrected chi connectivity index (χ1v) is 7.22. The molecule has 0 bridgehead atoms. The number of hydrogen-bond donors (Lipinski definition) is 1. The zero-order valence-corrected chi connectivity index (χ0v) is 11.8. The summed E-state index contributed by atoms with van der Waals surface area (Å²) in [6.45, 7) is 12.2. The van der Waals surface area contributed by atoms with E-state index >= 15 is 0 Å². The van der Waals surface area contributed by atoms with Gasteiger partial charge in [0.2, 0.25) is 0 Å². The third kappa shape index (κ3) is 3.67. The van der Waals surface area contributed by atoms with E-state index in [0.717, 1.165) is 19.0 Å². The van der Waals surface area contributed by atoms with Crippen molar-refractivity contribution in [3.8, 4) is 0 Å². The Bertz CT molecular complexity index is 234. The summed E-state index contributed by atoms with van der Waals surface area (Å²) in [5.74, 6) is 0.946. The Balaban J connectivity index is 1.76. The lowest BCUT2D eigenvalue weighted by Crippen LogP contribution is -2.53. The van der Waals surface area contributed by atoms with Crippen LogP contribution in [-0.4, -0.2) is 61.7 Å². The van der Waals surface area contributed by atoms with E-state index in [2.05, 4.69) is 36.0 Å². The van der Waals surface area contributed by atoms with Crippen molar-refractivity contribution < 1.29 is 0 Å². The van der Waals surface area contributed by atoms with Crippen LogP contribution in [0.15, 0.2) is 0 Å². The Morgan fingerprint density at radius 3 is 2.47 bits per heavy atom. The summed E-state index contributed by atoms with van der Waals surface area (Å²) >= 11 is 0. The van der Waals surface area contributed by atoms with Crippen molar-refractivity contribution in [3.63, 3.8) is 0 Å². The quantitative estimate of drug-likeness (QED) is 0.800. The molecule has 0 aliphatic carbocycles. The first-order valence-electron chi connectivity index (χ1n) is 7.22. The van der Waals surface area contributed by atoms with Crippen LogP contribution in [0.1, 0.15) is 33.1 Å². The molecule has 0 radical (unpaired) electrons. The highest BCUT2D eigenvalue weighted by molar-refractivity contribution is 4.86. The van der Waals surface area contributed by atoms with Gasteiger partial charge in [0.05, 0.1) is 0 Å². The number of piperazine rings is 1. The highest BCUT2D eigenvalue weighted by atomic mass is 15.2. The molecule has 3 heteroatoms. The summed E-state index contributed by atoms with van der Waals surface area (Å²) in [5, 5.41) is 3.44. The number of hydrogen-bond acceptors (Lipinski definition) is 3. The van der Waals surface area contributed by atoms with E-state index in [0.29, 0.717) is 5.54 Å². The fraction of sp³-hybridized carbons (Fsp3) is 1.00. The predicted molar refractivity (Wildman–Crippen MR) is 73.4 cm³/mol. The van der Waals surface area contributed by atoms with E-state index in [9.17, 15) is 0 Å². The zero-order chi connectivity index (χ0) is 12.3. The van der Waals surface area contributed by atoms with Crippen LogP contribution in [0.4, 0.5) is 0 Å². The van der Waals surface area contributed by atoms with Crippen molar-refractivity contribution in [1.82, 2.24) is 15.1 Å². The summed E-state index contributed by atoms with van der Waals surface area (Å²) in [6.07, 6.45) is 4.17. The molecule has 100 valence electrons. The van der Waals surface area contributed by atoms with Crippen LogP contribution < -0.4 is 5.32 Å². The fourth-order valence-electron chi connectivity index (χ4n) is 3.25. The molecule has 1 N–H and O–H groups in total. The number of nitrogens with one attached hydrogen (secondary N) is 1. The molecule has 17 heavy (non-hydrogen) atoms. The molecular formula is C14H29N3. The monoisotopic (exact) mass is 239 g/mol. The third-order valence-electron chi connectivity index (χ3n) is 4.63. The smallest absolute Gasteiger partial charge is 0.0154 e. The molecule has 3 nitrogen and oxygen atoms in total. The maximum Gasteiger partial charge on any atom is 0.0154 e. The van der Waals surface area contributed by atoms with Gasteiger partial charge in [-0.3, -0.25) is 4.90 Å². The minimum atomic E-state index is 0.392. The van der Waals surface area contributed by atoms with Crippen molar-refractivity contribution in [2.75, 3.05) is 46.3 Å².